The number of rotatable bonds is 11. The van der Waals surface area contributed by atoms with Gasteiger partial charge in [-0.05, 0) is 38.2 Å². The molecule has 0 aromatic heterocycles. The quantitative estimate of drug-likeness (QED) is 0.369. The SMILES string of the molecule is CCCC(C)NC(=O)[C@@H]1[C@H]2C=C[C@@H](CCC)[C@@H](C(=O)OCC)[C@H]2C(=O)N1[C@H](CO)c1ccccc1. The lowest BCUT2D eigenvalue weighted by molar-refractivity contribution is -0.156. The zero-order valence-electron chi connectivity index (χ0n) is 21.4. The third-order valence-corrected chi connectivity index (χ3v) is 7.30. The van der Waals surface area contributed by atoms with Gasteiger partial charge in [0, 0.05) is 12.0 Å². The van der Waals surface area contributed by atoms with Crippen molar-refractivity contribution in [3.63, 3.8) is 0 Å². The lowest BCUT2D eigenvalue weighted by Crippen LogP contribution is -2.51. The summed E-state index contributed by atoms with van der Waals surface area (Å²) in [5.41, 5.74) is 0.753. The van der Waals surface area contributed by atoms with Crippen LogP contribution in [0.5, 0.6) is 0 Å². The van der Waals surface area contributed by atoms with E-state index in [1.165, 1.54) is 4.90 Å². The third-order valence-electron chi connectivity index (χ3n) is 7.30. The van der Waals surface area contributed by atoms with Crippen molar-refractivity contribution in [2.24, 2.45) is 23.7 Å². The summed E-state index contributed by atoms with van der Waals surface area (Å²) in [6.45, 7) is 7.73. The Kier molecular flexibility index (Phi) is 9.49. The van der Waals surface area contributed by atoms with Crippen molar-refractivity contribution in [1.82, 2.24) is 10.2 Å². The van der Waals surface area contributed by atoms with Gasteiger partial charge in [0.1, 0.15) is 6.04 Å². The van der Waals surface area contributed by atoms with Crippen molar-refractivity contribution in [2.45, 2.75) is 71.5 Å². The van der Waals surface area contributed by atoms with Crippen LogP contribution >= 0.6 is 0 Å². The topological polar surface area (TPSA) is 95.9 Å². The minimum absolute atomic E-state index is 0.0472. The lowest BCUT2D eigenvalue weighted by atomic mass is 9.68. The predicted octanol–water partition coefficient (Wildman–Crippen LogP) is 3.63. The molecule has 0 radical (unpaired) electrons. The number of hydrogen-bond acceptors (Lipinski definition) is 5. The highest BCUT2D eigenvalue weighted by Gasteiger charge is 2.59. The van der Waals surface area contributed by atoms with Gasteiger partial charge in [0.05, 0.1) is 31.1 Å². The second-order valence-corrected chi connectivity index (χ2v) is 9.72. The number of amides is 2. The van der Waals surface area contributed by atoms with E-state index in [-0.39, 0.29) is 43.0 Å². The number of benzene rings is 1. The zero-order valence-corrected chi connectivity index (χ0v) is 21.4. The highest BCUT2D eigenvalue weighted by molar-refractivity contribution is 5.96. The van der Waals surface area contributed by atoms with E-state index in [1.54, 1.807) is 6.92 Å². The minimum Gasteiger partial charge on any atom is -0.466 e. The molecular weight excluding hydrogens is 444 g/mol. The molecule has 1 aliphatic heterocycles. The number of allylic oxidation sites excluding steroid dienone is 1. The molecule has 1 fully saturated rings. The standard InChI is InChI=1S/C28H40N2O5/c1-5-11-18(4)29-26(32)25-21-16-15-20(12-6-2)23(28(34)35-7-3)24(21)27(33)30(25)22(17-31)19-13-9-8-10-14-19/h8-10,13-16,18,20-25,31H,5-7,11-12,17H2,1-4H3,(H,29,32)/t18?,20-,21+,22-,23-,24+,25+/m1/s1. The van der Waals surface area contributed by atoms with E-state index in [2.05, 4.69) is 12.2 Å². The molecule has 2 amide bonds. The van der Waals surface area contributed by atoms with Gasteiger partial charge in [-0.3, -0.25) is 14.4 Å². The van der Waals surface area contributed by atoms with Crippen molar-refractivity contribution < 1.29 is 24.2 Å². The number of nitrogens with one attached hydrogen (secondary N) is 1. The Balaban J connectivity index is 2.08. The number of carbonyl (C=O) groups excluding carboxylic acids is 3. The molecule has 0 spiro atoms. The molecule has 1 aliphatic carbocycles. The summed E-state index contributed by atoms with van der Waals surface area (Å²) in [6, 6.07) is 7.72. The molecule has 1 aromatic rings. The Bertz CT molecular complexity index is 902. The Morgan fingerprint density at radius 2 is 1.83 bits per heavy atom. The molecule has 0 bridgehead atoms. The molecule has 7 nitrogen and oxygen atoms in total. The molecule has 35 heavy (non-hydrogen) atoms. The summed E-state index contributed by atoms with van der Waals surface area (Å²) in [4.78, 5) is 42.4. The summed E-state index contributed by atoms with van der Waals surface area (Å²) >= 11 is 0. The number of nitrogens with zero attached hydrogens (tertiary/aromatic N) is 1. The number of likely N-dealkylation sites (tertiary alicyclic amines) is 1. The molecule has 2 N–H and O–H groups in total. The van der Waals surface area contributed by atoms with Gasteiger partial charge >= 0.3 is 5.97 Å². The fourth-order valence-electron chi connectivity index (χ4n) is 5.81. The van der Waals surface area contributed by atoms with Crippen LogP contribution in [-0.2, 0) is 19.1 Å². The fraction of sp³-hybridized carbons (Fsp3) is 0.607. The van der Waals surface area contributed by atoms with Gasteiger partial charge in [-0.1, -0.05) is 69.2 Å². The number of ether oxygens (including phenoxy) is 1. The lowest BCUT2D eigenvalue weighted by Gasteiger charge is -2.34. The van der Waals surface area contributed by atoms with Gasteiger partial charge in [-0.15, -0.1) is 0 Å². The summed E-state index contributed by atoms with van der Waals surface area (Å²) < 4.78 is 5.42. The highest BCUT2D eigenvalue weighted by atomic mass is 16.5. The molecule has 2 aliphatic rings. The van der Waals surface area contributed by atoms with Crippen molar-refractivity contribution in [3.8, 4) is 0 Å². The largest absolute Gasteiger partial charge is 0.466 e. The molecule has 7 heteroatoms. The number of esters is 1. The highest BCUT2D eigenvalue weighted by Crippen LogP contribution is 2.48. The number of aliphatic hydroxyl groups excluding tert-OH is 1. The van der Waals surface area contributed by atoms with Crippen molar-refractivity contribution in [3.05, 3.63) is 48.0 Å². The first-order valence-corrected chi connectivity index (χ1v) is 13.0. The van der Waals surface area contributed by atoms with Crippen LogP contribution in [-0.4, -0.2) is 53.1 Å². The van der Waals surface area contributed by atoms with Crippen LogP contribution in [0.1, 0.15) is 65.0 Å². The van der Waals surface area contributed by atoms with Crippen molar-refractivity contribution >= 4 is 17.8 Å². The van der Waals surface area contributed by atoms with Crippen LogP contribution in [0.3, 0.4) is 0 Å². The van der Waals surface area contributed by atoms with Gasteiger partial charge in [0.2, 0.25) is 11.8 Å². The Morgan fingerprint density at radius 3 is 2.43 bits per heavy atom. The molecule has 1 unspecified atom stereocenters. The average Bonchev–Trinajstić information content (AvgIpc) is 3.13. The maximum atomic E-state index is 14.1. The molecule has 192 valence electrons. The smallest absolute Gasteiger partial charge is 0.310 e. The van der Waals surface area contributed by atoms with Gasteiger partial charge in [-0.2, -0.15) is 0 Å². The Hall–Kier alpha value is -2.67. The van der Waals surface area contributed by atoms with E-state index in [0.717, 1.165) is 31.2 Å². The van der Waals surface area contributed by atoms with Gasteiger partial charge < -0.3 is 20.1 Å². The molecule has 0 saturated carbocycles. The normalized spacial score (nSPS) is 27.3. The van der Waals surface area contributed by atoms with E-state index >= 15 is 0 Å². The molecule has 1 saturated heterocycles. The second-order valence-electron chi connectivity index (χ2n) is 9.72. The predicted molar refractivity (Wildman–Crippen MR) is 134 cm³/mol. The average molecular weight is 485 g/mol. The van der Waals surface area contributed by atoms with Crippen LogP contribution in [0.15, 0.2) is 42.5 Å². The molecule has 7 atom stereocenters. The van der Waals surface area contributed by atoms with Crippen molar-refractivity contribution in [2.75, 3.05) is 13.2 Å². The second kappa shape index (κ2) is 12.3. The van der Waals surface area contributed by atoms with Gasteiger partial charge in [-0.25, -0.2) is 0 Å². The van der Waals surface area contributed by atoms with E-state index in [9.17, 15) is 19.5 Å². The number of fused-ring (bicyclic) bond motifs is 1. The fourth-order valence-corrected chi connectivity index (χ4v) is 5.81. The number of carbonyl (C=O) groups is 3. The third kappa shape index (κ3) is 5.61. The van der Waals surface area contributed by atoms with Gasteiger partial charge in [0.15, 0.2) is 0 Å². The first-order valence-electron chi connectivity index (χ1n) is 13.0. The molecule has 3 rings (SSSR count). The minimum atomic E-state index is -0.820. The molecule has 1 heterocycles. The van der Waals surface area contributed by atoms with Crippen LogP contribution in [0.25, 0.3) is 0 Å². The maximum absolute atomic E-state index is 14.1. The summed E-state index contributed by atoms with van der Waals surface area (Å²) in [7, 11) is 0. The Labute approximate surface area is 208 Å². The van der Waals surface area contributed by atoms with Crippen LogP contribution in [0.2, 0.25) is 0 Å². The summed E-state index contributed by atoms with van der Waals surface area (Å²) in [5, 5.41) is 13.5. The monoisotopic (exact) mass is 484 g/mol. The molecule has 1 aromatic carbocycles. The summed E-state index contributed by atoms with van der Waals surface area (Å²) in [6.07, 6.45) is 7.31. The van der Waals surface area contributed by atoms with E-state index in [1.807, 2.05) is 56.3 Å². The maximum Gasteiger partial charge on any atom is 0.310 e. The van der Waals surface area contributed by atoms with Crippen LogP contribution < -0.4 is 5.32 Å². The molecular formula is C28H40N2O5. The van der Waals surface area contributed by atoms with E-state index in [0.29, 0.717) is 0 Å². The Morgan fingerprint density at radius 1 is 1.11 bits per heavy atom. The van der Waals surface area contributed by atoms with Crippen LogP contribution in [0.4, 0.5) is 0 Å². The van der Waals surface area contributed by atoms with Gasteiger partial charge in [0.25, 0.3) is 0 Å². The first-order chi connectivity index (χ1) is 16.9. The van der Waals surface area contributed by atoms with E-state index < -0.39 is 29.8 Å². The number of hydrogen-bond donors (Lipinski definition) is 2. The van der Waals surface area contributed by atoms with E-state index in [4.69, 9.17) is 4.74 Å². The number of aliphatic hydroxyl groups is 1. The zero-order chi connectivity index (χ0) is 25.5. The van der Waals surface area contributed by atoms with Crippen molar-refractivity contribution in [1.29, 1.82) is 0 Å². The van der Waals surface area contributed by atoms with Crippen LogP contribution in [0, 0.1) is 23.7 Å². The first kappa shape index (κ1) is 26.9. The summed E-state index contributed by atoms with van der Waals surface area (Å²) in [5.74, 6) is -2.87.